The molecule has 0 aliphatic rings. The average molecular weight is 732 g/mol. The van der Waals surface area contributed by atoms with E-state index < -0.39 is 20.0 Å². The molecule has 0 aromatic heterocycles. The van der Waals surface area contributed by atoms with Crippen molar-refractivity contribution in [1.82, 2.24) is 5.32 Å². The number of likely N-dealkylation sites (N-methyl/N-ethyl adjacent to an activating group) is 1. The maximum Gasteiger partial charge on any atom is 0.472 e. The number of quaternary nitrogens is 1. The summed E-state index contributed by atoms with van der Waals surface area (Å²) in [6.45, 7) is 4.86. The van der Waals surface area contributed by atoms with Crippen molar-refractivity contribution in [2.24, 2.45) is 0 Å². The third-order valence-electron chi connectivity index (χ3n) is 9.51. The number of amides is 1. The van der Waals surface area contributed by atoms with Crippen LogP contribution in [0, 0.1) is 0 Å². The lowest BCUT2D eigenvalue weighted by Gasteiger charge is -2.26. The second kappa shape index (κ2) is 34.0. The molecule has 0 radical (unpaired) electrons. The van der Waals surface area contributed by atoms with Crippen LogP contribution in [0.4, 0.5) is 0 Å². The zero-order valence-electron chi connectivity index (χ0n) is 33.7. The predicted octanol–water partition coefficient (Wildman–Crippen LogP) is 11.2. The highest BCUT2D eigenvalue weighted by Crippen LogP contribution is 2.43. The zero-order valence-corrected chi connectivity index (χ0v) is 34.5. The SMILES string of the molecule is CCCCCCCCC/C=C/CCCC[C@@H](O)[C@H](COP(=O)(O)OCC[N+](C)(C)C)NC(=O)CCCCCCCCCCCCCCCCC. The van der Waals surface area contributed by atoms with Crippen molar-refractivity contribution >= 4 is 13.7 Å². The van der Waals surface area contributed by atoms with Gasteiger partial charge in [0.15, 0.2) is 0 Å². The fourth-order valence-corrected chi connectivity index (χ4v) is 6.83. The first-order chi connectivity index (χ1) is 24.0. The number of nitrogens with zero attached hydrogens (tertiary/aromatic N) is 1. The van der Waals surface area contributed by atoms with E-state index in [0.29, 0.717) is 23.9 Å². The second-order valence-corrected chi connectivity index (χ2v) is 17.2. The number of hydrogen-bond acceptors (Lipinski definition) is 5. The summed E-state index contributed by atoms with van der Waals surface area (Å²) >= 11 is 0. The molecule has 0 aliphatic heterocycles. The summed E-state index contributed by atoms with van der Waals surface area (Å²) in [4.78, 5) is 23.1. The van der Waals surface area contributed by atoms with Crippen LogP contribution in [0.25, 0.3) is 0 Å². The fourth-order valence-electron chi connectivity index (χ4n) is 6.10. The third kappa shape index (κ3) is 35.6. The average Bonchev–Trinajstić information content (AvgIpc) is 3.06. The van der Waals surface area contributed by atoms with E-state index in [1.54, 1.807) is 0 Å². The number of nitrogens with one attached hydrogen (secondary N) is 1. The van der Waals surface area contributed by atoms with Gasteiger partial charge < -0.3 is 19.8 Å². The van der Waals surface area contributed by atoms with Crippen LogP contribution in [0.1, 0.15) is 194 Å². The number of aliphatic hydroxyl groups is 1. The van der Waals surface area contributed by atoms with Gasteiger partial charge in [-0.15, -0.1) is 0 Å². The van der Waals surface area contributed by atoms with Crippen LogP contribution >= 0.6 is 7.82 Å². The Kier molecular flexibility index (Phi) is 33.5. The highest BCUT2D eigenvalue weighted by molar-refractivity contribution is 7.47. The minimum atomic E-state index is -4.31. The number of allylic oxidation sites excluding steroid dienone is 2. The van der Waals surface area contributed by atoms with E-state index >= 15 is 0 Å². The number of carbonyl (C=O) groups excluding carboxylic acids is 1. The van der Waals surface area contributed by atoms with Gasteiger partial charge in [0, 0.05) is 6.42 Å². The van der Waals surface area contributed by atoms with Crippen LogP contribution in [0.2, 0.25) is 0 Å². The van der Waals surface area contributed by atoms with E-state index in [2.05, 4.69) is 31.3 Å². The molecular formula is C41H84N2O6P+. The summed E-state index contributed by atoms with van der Waals surface area (Å²) in [5.41, 5.74) is 0. The van der Waals surface area contributed by atoms with Crippen LogP contribution in [0.15, 0.2) is 12.2 Å². The second-order valence-electron chi connectivity index (χ2n) is 15.7. The maximum absolute atomic E-state index is 12.8. The highest BCUT2D eigenvalue weighted by Gasteiger charge is 2.28. The summed E-state index contributed by atoms with van der Waals surface area (Å²) < 4.78 is 23.5. The van der Waals surface area contributed by atoms with Crippen LogP contribution in [0.5, 0.6) is 0 Å². The van der Waals surface area contributed by atoms with Gasteiger partial charge >= 0.3 is 7.82 Å². The van der Waals surface area contributed by atoms with E-state index in [1.807, 2.05) is 21.1 Å². The lowest BCUT2D eigenvalue weighted by molar-refractivity contribution is -0.870. The van der Waals surface area contributed by atoms with Gasteiger partial charge in [-0.3, -0.25) is 13.8 Å². The fraction of sp³-hybridized carbons (Fsp3) is 0.927. The molecule has 298 valence electrons. The number of rotatable bonds is 38. The van der Waals surface area contributed by atoms with Crippen molar-refractivity contribution in [2.45, 2.75) is 206 Å². The van der Waals surface area contributed by atoms with Crippen molar-refractivity contribution in [3.8, 4) is 0 Å². The van der Waals surface area contributed by atoms with Crippen LogP contribution < -0.4 is 5.32 Å². The molecule has 0 spiro atoms. The summed E-state index contributed by atoms with van der Waals surface area (Å²) in [7, 11) is 1.60. The molecule has 8 nitrogen and oxygen atoms in total. The first kappa shape index (κ1) is 49.2. The lowest BCUT2D eigenvalue weighted by Crippen LogP contribution is -2.46. The highest BCUT2D eigenvalue weighted by atomic mass is 31.2. The van der Waals surface area contributed by atoms with Crippen molar-refractivity contribution in [3.05, 3.63) is 12.2 Å². The van der Waals surface area contributed by atoms with E-state index in [4.69, 9.17) is 9.05 Å². The topological polar surface area (TPSA) is 105 Å². The first-order valence-electron chi connectivity index (χ1n) is 21.1. The molecule has 0 saturated carbocycles. The molecular weight excluding hydrogens is 647 g/mol. The van der Waals surface area contributed by atoms with Gasteiger partial charge in [-0.25, -0.2) is 4.57 Å². The van der Waals surface area contributed by atoms with Gasteiger partial charge in [0.1, 0.15) is 13.2 Å². The molecule has 0 rings (SSSR count). The molecule has 50 heavy (non-hydrogen) atoms. The van der Waals surface area contributed by atoms with E-state index in [0.717, 1.165) is 44.9 Å². The predicted molar refractivity (Wildman–Crippen MR) is 212 cm³/mol. The monoisotopic (exact) mass is 732 g/mol. The minimum Gasteiger partial charge on any atom is -0.391 e. The first-order valence-corrected chi connectivity index (χ1v) is 22.5. The molecule has 1 amide bonds. The minimum absolute atomic E-state index is 0.0720. The molecule has 0 bridgehead atoms. The van der Waals surface area contributed by atoms with Crippen molar-refractivity contribution in [1.29, 1.82) is 0 Å². The standard InChI is InChI=1S/C41H83N2O6P/c1-6-8-10-12-14-16-18-20-21-23-25-27-29-31-33-35-41(45)42-39(38-49-50(46,47)48-37-36-43(3,4)5)40(44)34-32-30-28-26-24-22-19-17-15-13-11-9-7-2/h24,26,39-40,44H,6-23,25,27-38H2,1-5H3,(H-,42,45,46,47)/p+1/b26-24+/t39-,40+/m0/s1. The summed E-state index contributed by atoms with van der Waals surface area (Å²) in [6, 6.07) is -0.769. The van der Waals surface area contributed by atoms with Crippen molar-refractivity contribution in [2.75, 3.05) is 40.9 Å². The third-order valence-corrected chi connectivity index (χ3v) is 10.5. The molecule has 9 heteroatoms. The molecule has 0 saturated heterocycles. The quantitative estimate of drug-likeness (QED) is 0.0253. The molecule has 0 aromatic rings. The Morgan fingerprint density at radius 2 is 1.08 bits per heavy atom. The number of aliphatic hydroxyl groups excluding tert-OH is 1. The van der Waals surface area contributed by atoms with E-state index in [9.17, 15) is 19.4 Å². The molecule has 3 atom stereocenters. The van der Waals surface area contributed by atoms with Gasteiger partial charge in [-0.1, -0.05) is 161 Å². The van der Waals surface area contributed by atoms with Crippen LogP contribution in [-0.4, -0.2) is 73.4 Å². The molecule has 0 aliphatic carbocycles. The van der Waals surface area contributed by atoms with Crippen molar-refractivity contribution in [3.63, 3.8) is 0 Å². The maximum atomic E-state index is 12.8. The van der Waals surface area contributed by atoms with E-state index in [1.165, 1.54) is 122 Å². The molecule has 0 fully saturated rings. The normalized spacial score (nSPS) is 14.6. The molecule has 1 unspecified atom stereocenters. The number of unbranched alkanes of at least 4 members (excludes halogenated alkanes) is 23. The number of phosphoric ester groups is 1. The molecule has 0 aromatic carbocycles. The van der Waals surface area contributed by atoms with E-state index in [-0.39, 0.29) is 19.1 Å². The zero-order chi connectivity index (χ0) is 37.2. The van der Waals surface area contributed by atoms with Gasteiger partial charge in [0.2, 0.25) is 5.91 Å². The Hall–Kier alpha value is -0.760. The Bertz CT molecular complexity index is 834. The van der Waals surface area contributed by atoms with Crippen molar-refractivity contribution < 1.29 is 32.9 Å². The van der Waals surface area contributed by atoms with Gasteiger partial charge in [-0.2, -0.15) is 0 Å². The van der Waals surface area contributed by atoms with Gasteiger partial charge in [0.25, 0.3) is 0 Å². The van der Waals surface area contributed by atoms with Gasteiger partial charge in [0.05, 0.1) is 39.9 Å². The largest absolute Gasteiger partial charge is 0.472 e. The summed E-state index contributed by atoms with van der Waals surface area (Å²) in [5.74, 6) is -0.153. The Morgan fingerprint density at radius 1 is 0.660 bits per heavy atom. The smallest absolute Gasteiger partial charge is 0.391 e. The molecule has 3 N–H and O–H groups in total. The number of carbonyl (C=O) groups is 1. The van der Waals surface area contributed by atoms with Gasteiger partial charge in [-0.05, 0) is 38.5 Å². The number of hydrogen-bond donors (Lipinski definition) is 3. The Labute approximate surface area is 310 Å². The summed E-state index contributed by atoms with van der Waals surface area (Å²) in [5, 5.41) is 13.9. The Morgan fingerprint density at radius 3 is 1.54 bits per heavy atom. The van der Waals surface area contributed by atoms with Crippen LogP contribution in [0.3, 0.4) is 0 Å². The van der Waals surface area contributed by atoms with Crippen LogP contribution in [-0.2, 0) is 18.4 Å². The Balaban J connectivity index is 4.42. The summed E-state index contributed by atoms with van der Waals surface area (Å²) in [6.07, 6.45) is 36.6. The number of phosphoric acid groups is 1. The lowest BCUT2D eigenvalue weighted by atomic mass is 10.0. The molecule has 0 heterocycles.